The summed E-state index contributed by atoms with van der Waals surface area (Å²) in [6, 6.07) is 7.33. The summed E-state index contributed by atoms with van der Waals surface area (Å²) in [5.41, 5.74) is 1.13. The van der Waals surface area contributed by atoms with Gasteiger partial charge in [0, 0.05) is 18.2 Å². The van der Waals surface area contributed by atoms with Gasteiger partial charge in [-0.05, 0) is 44.0 Å². The molecule has 36 heavy (non-hydrogen) atoms. The smallest absolute Gasteiger partial charge is 0.417 e. The Morgan fingerprint density at radius 2 is 1.92 bits per heavy atom. The van der Waals surface area contributed by atoms with Crippen LogP contribution in [-0.4, -0.2) is 46.3 Å². The number of aryl methyl sites for hydroxylation is 1. The van der Waals surface area contributed by atoms with Crippen LogP contribution in [0.15, 0.2) is 36.5 Å². The Morgan fingerprint density at radius 3 is 2.58 bits per heavy atom. The number of fused-ring (bicyclic) bond motifs is 3. The Bertz CT molecular complexity index is 1160. The number of rotatable bonds is 5. The largest absolute Gasteiger partial charge is 0.480 e. The molecule has 5 rings (SSSR count). The first-order valence-corrected chi connectivity index (χ1v) is 11.8. The summed E-state index contributed by atoms with van der Waals surface area (Å²) >= 11 is 0. The zero-order chi connectivity index (χ0) is 25.6. The van der Waals surface area contributed by atoms with E-state index in [1.165, 1.54) is 6.07 Å². The summed E-state index contributed by atoms with van der Waals surface area (Å²) in [6.07, 6.45) is -5.04. The minimum absolute atomic E-state index is 0.00731. The highest BCUT2D eigenvalue weighted by atomic mass is 19.4. The average Bonchev–Trinajstić information content (AvgIpc) is 3.43. The van der Waals surface area contributed by atoms with Crippen LogP contribution < -0.4 is 15.4 Å². The number of aliphatic hydroxyl groups is 1. The van der Waals surface area contributed by atoms with Crippen LogP contribution in [0.5, 0.6) is 5.75 Å². The van der Waals surface area contributed by atoms with Gasteiger partial charge in [-0.15, -0.1) is 0 Å². The summed E-state index contributed by atoms with van der Waals surface area (Å²) in [6.45, 7) is 1.92. The van der Waals surface area contributed by atoms with E-state index < -0.39 is 29.9 Å². The molecule has 6 atom stereocenters. The highest BCUT2D eigenvalue weighted by Gasteiger charge is 2.51. The van der Waals surface area contributed by atoms with E-state index in [0.717, 1.165) is 17.8 Å². The fourth-order valence-electron chi connectivity index (χ4n) is 5.09. The van der Waals surface area contributed by atoms with Crippen molar-refractivity contribution in [2.75, 3.05) is 0 Å². The number of amides is 2. The second kappa shape index (κ2) is 9.36. The fourth-order valence-corrected chi connectivity index (χ4v) is 5.09. The quantitative estimate of drug-likeness (QED) is 0.577. The standard InChI is InChI=1S/C25H26F3N3O5/c1-12-2-5-19-15(6-12)18(32)9-22(35-19)24(34)31-17-8-20-16(7-21(17)36-20)23(33)30-11-14-4-3-13(10-29-14)25(26,27)28/h2-6,10,16-18,20-22,32H,7-9,11H2,1H3,(H,30,33)(H,31,34)/t16-,17-,18+,20+,21+,22+/m0/s1. The van der Waals surface area contributed by atoms with Gasteiger partial charge in [-0.2, -0.15) is 13.2 Å². The number of aromatic nitrogens is 1. The van der Waals surface area contributed by atoms with Gasteiger partial charge in [0.05, 0.1) is 48.1 Å². The van der Waals surface area contributed by atoms with Crippen molar-refractivity contribution in [3.63, 3.8) is 0 Å². The molecule has 8 nitrogen and oxygen atoms in total. The third-order valence-corrected chi connectivity index (χ3v) is 7.00. The van der Waals surface area contributed by atoms with E-state index in [1.54, 1.807) is 6.07 Å². The molecular weight excluding hydrogens is 479 g/mol. The molecule has 0 spiro atoms. The van der Waals surface area contributed by atoms with Crippen LogP contribution in [0, 0.1) is 12.8 Å². The number of ether oxygens (including phenoxy) is 2. The van der Waals surface area contributed by atoms with Crippen LogP contribution in [-0.2, 0) is 27.0 Å². The number of nitrogens with one attached hydrogen (secondary N) is 2. The Labute approximate surface area is 205 Å². The second-order valence-corrected chi connectivity index (χ2v) is 9.56. The van der Waals surface area contributed by atoms with E-state index in [-0.39, 0.29) is 43.0 Å². The first kappa shape index (κ1) is 24.5. The zero-order valence-corrected chi connectivity index (χ0v) is 19.4. The van der Waals surface area contributed by atoms with E-state index in [0.29, 0.717) is 29.8 Å². The molecular formula is C25H26F3N3O5. The second-order valence-electron chi connectivity index (χ2n) is 9.56. The van der Waals surface area contributed by atoms with Gasteiger partial charge in [-0.1, -0.05) is 11.6 Å². The van der Waals surface area contributed by atoms with Crippen LogP contribution in [0.25, 0.3) is 0 Å². The van der Waals surface area contributed by atoms with Gasteiger partial charge < -0.3 is 25.2 Å². The number of hydrogen-bond acceptors (Lipinski definition) is 6. The molecule has 1 aromatic heterocycles. The van der Waals surface area contributed by atoms with E-state index in [2.05, 4.69) is 15.6 Å². The maximum atomic E-state index is 12.9. The minimum Gasteiger partial charge on any atom is -0.480 e. The molecule has 192 valence electrons. The van der Waals surface area contributed by atoms with Crippen molar-refractivity contribution in [3.8, 4) is 5.75 Å². The molecule has 0 radical (unpaired) electrons. The topological polar surface area (TPSA) is 110 Å². The Balaban J connectivity index is 1.11. The van der Waals surface area contributed by atoms with Crippen molar-refractivity contribution >= 4 is 11.8 Å². The number of alkyl halides is 3. The minimum atomic E-state index is -4.46. The summed E-state index contributed by atoms with van der Waals surface area (Å²) < 4.78 is 49.7. The highest BCUT2D eigenvalue weighted by molar-refractivity contribution is 5.82. The number of pyridine rings is 1. The van der Waals surface area contributed by atoms with Crippen LogP contribution in [0.3, 0.4) is 0 Å². The van der Waals surface area contributed by atoms with Crippen LogP contribution >= 0.6 is 0 Å². The van der Waals surface area contributed by atoms with Gasteiger partial charge >= 0.3 is 6.18 Å². The Morgan fingerprint density at radius 1 is 1.11 bits per heavy atom. The van der Waals surface area contributed by atoms with E-state index in [9.17, 15) is 27.9 Å². The number of carbonyl (C=O) groups excluding carboxylic acids is 2. The van der Waals surface area contributed by atoms with Crippen molar-refractivity contribution in [3.05, 3.63) is 58.9 Å². The molecule has 2 saturated heterocycles. The number of hydrogen-bond donors (Lipinski definition) is 3. The van der Waals surface area contributed by atoms with Gasteiger partial charge in [-0.25, -0.2) is 0 Å². The molecule has 0 unspecified atom stereocenters. The zero-order valence-electron chi connectivity index (χ0n) is 19.4. The van der Waals surface area contributed by atoms with Crippen LogP contribution in [0.1, 0.15) is 47.8 Å². The molecule has 11 heteroatoms. The number of nitrogens with zero attached hydrogens (tertiary/aromatic N) is 1. The SMILES string of the molecule is Cc1ccc2c(c1)[C@H](O)C[C@H](C(=O)N[C@H]1C[C@H]3O[C@@H]1C[C@@H]3C(=O)NCc1ccc(C(F)(F)F)cn1)O2. The third kappa shape index (κ3) is 4.90. The average molecular weight is 505 g/mol. The molecule has 3 aliphatic heterocycles. The van der Waals surface area contributed by atoms with Gasteiger partial charge in [0.2, 0.25) is 5.91 Å². The van der Waals surface area contributed by atoms with Crippen LogP contribution in [0.4, 0.5) is 13.2 Å². The van der Waals surface area contributed by atoms with E-state index in [4.69, 9.17) is 9.47 Å². The maximum absolute atomic E-state index is 12.9. The van der Waals surface area contributed by atoms with Gasteiger partial charge in [-0.3, -0.25) is 14.6 Å². The van der Waals surface area contributed by atoms with Gasteiger partial charge in [0.1, 0.15) is 5.75 Å². The maximum Gasteiger partial charge on any atom is 0.417 e. The molecule has 0 saturated carbocycles. The van der Waals surface area contributed by atoms with E-state index in [1.807, 2.05) is 19.1 Å². The van der Waals surface area contributed by atoms with E-state index >= 15 is 0 Å². The molecule has 0 aliphatic carbocycles. The normalized spacial score (nSPS) is 28.8. The Kier molecular flexibility index (Phi) is 6.37. The number of aliphatic hydroxyl groups excluding tert-OH is 1. The van der Waals surface area contributed by atoms with Crippen molar-refractivity contribution < 1.29 is 37.3 Å². The number of halogens is 3. The molecule has 2 aromatic rings. The van der Waals surface area contributed by atoms with Crippen molar-refractivity contribution in [2.45, 2.75) is 69.4 Å². The lowest BCUT2D eigenvalue weighted by atomic mass is 9.85. The molecule has 4 heterocycles. The monoisotopic (exact) mass is 505 g/mol. The molecule has 1 aromatic carbocycles. The van der Waals surface area contributed by atoms with Crippen molar-refractivity contribution in [1.29, 1.82) is 0 Å². The highest BCUT2D eigenvalue weighted by Crippen LogP contribution is 2.40. The number of carbonyl (C=O) groups is 2. The lowest BCUT2D eigenvalue weighted by Gasteiger charge is -2.31. The van der Waals surface area contributed by atoms with Gasteiger partial charge in [0.25, 0.3) is 5.91 Å². The molecule has 3 aliphatic rings. The van der Waals surface area contributed by atoms with Crippen LogP contribution in [0.2, 0.25) is 0 Å². The first-order valence-electron chi connectivity index (χ1n) is 11.8. The van der Waals surface area contributed by atoms with Crippen molar-refractivity contribution in [2.24, 2.45) is 5.92 Å². The first-order chi connectivity index (χ1) is 17.1. The molecule has 3 N–H and O–H groups in total. The lowest BCUT2D eigenvalue weighted by Crippen LogP contribution is -2.50. The summed E-state index contributed by atoms with van der Waals surface area (Å²) in [5, 5.41) is 16.1. The summed E-state index contributed by atoms with van der Waals surface area (Å²) in [5.74, 6) is -0.529. The number of benzene rings is 1. The molecule has 2 bridgehead atoms. The summed E-state index contributed by atoms with van der Waals surface area (Å²) in [4.78, 5) is 29.3. The predicted octanol–water partition coefficient (Wildman–Crippen LogP) is 2.57. The lowest BCUT2D eigenvalue weighted by molar-refractivity contribution is -0.138. The Hall–Kier alpha value is -3.18. The molecule has 2 amide bonds. The molecule has 2 fully saturated rings. The fraction of sp³-hybridized carbons (Fsp3) is 0.480. The summed E-state index contributed by atoms with van der Waals surface area (Å²) in [7, 11) is 0. The van der Waals surface area contributed by atoms with Crippen molar-refractivity contribution in [1.82, 2.24) is 15.6 Å². The van der Waals surface area contributed by atoms with Gasteiger partial charge in [0.15, 0.2) is 6.10 Å². The predicted molar refractivity (Wildman–Crippen MR) is 120 cm³/mol. The third-order valence-electron chi connectivity index (χ3n) is 7.00.